The summed E-state index contributed by atoms with van der Waals surface area (Å²) in [5.74, 6) is 3.13. The third kappa shape index (κ3) is 3.24. The fraction of sp³-hybridized carbons (Fsp3) is 0.429. The van der Waals surface area contributed by atoms with Crippen molar-refractivity contribution in [3.63, 3.8) is 0 Å². The van der Waals surface area contributed by atoms with E-state index < -0.39 is 0 Å². The SMILES string of the molecule is Cn1nc[n+](C)c1N=Nc1ccc(N2CCSCC2)cc1. The maximum Gasteiger partial charge on any atom is 0.403 e. The number of hydrogen-bond donors (Lipinski definition) is 0. The largest absolute Gasteiger partial charge is 0.403 e. The number of thioether (sulfide) groups is 1. The van der Waals surface area contributed by atoms with Gasteiger partial charge in [-0.25, -0.2) is 4.57 Å². The second-order valence-corrected chi connectivity index (χ2v) is 6.21. The molecule has 0 radical (unpaired) electrons. The molecule has 1 fully saturated rings. The lowest BCUT2D eigenvalue weighted by Gasteiger charge is -2.28. The third-order valence-corrected chi connectivity index (χ3v) is 4.43. The Labute approximate surface area is 128 Å². The van der Waals surface area contributed by atoms with Crippen LogP contribution in [0, 0.1) is 0 Å². The number of rotatable bonds is 3. The molecule has 7 heteroatoms. The van der Waals surface area contributed by atoms with Gasteiger partial charge in [0.15, 0.2) is 0 Å². The van der Waals surface area contributed by atoms with Crippen molar-refractivity contribution in [2.75, 3.05) is 29.5 Å². The fourth-order valence-electron chi connectivity index (χ4n) is 2.28. The smallest absolute Gasteiger partial charge is 0.370 e. The van der Waals surface area contributed by atoms with E-state index in [1.165, 1.54) is 17.2 Å². The lowest BCUT2D eigenvalue weighted by Crippen LogP contribution is -2.32. The zero-order valence-corrected chi connectivity index (χ0v) is 13.1. The summed E-state index contributed by atoms with van der Waals surface area (Å²) in [5.41, 5.74) is 2.12. The topological polar surface area (TPSA) is 49.7 Å². The van der Waals surface area contributed by atoms with Crippen LogP contribution in [0.3, 0.4) is 0 Å². The van der Waals surface area contributed by atoms with Crippen LogP contribution in [0.4, 0.5) is 17.3 Å². The minimum atomic E-state index is 0.715. The van der Waals surface area contributed by atoms with Gasteiger partial charge >= 0.3 is 5.95 Å². The van der Waals surface area contributed by atoms with Crippen molar-refractivity contribution in [3.05, 3.63) is 30.6 Å². The van der Waals surface area contributed by atoms with E-state index in [0.29, 0.717) is 5.95 Å². The van der Waals surface area contributed by atoms with Gasteiger partial charge < -0.3 is 4.90 Å². The number of anilines is 1. The van der Waals surface area contributed by atoms with E-state index in [2.05, 4.69) is 32.4 Å². The molecule has 0 aliphatic carbocycles. The van der Waals surface area contributed by atoms with Gasteiger partial charge in [0.05, 0.1) is 19.8 Å². The average Bonchev–Trinajstić information content (AvgIpc) is 2.85. The van der Waals surface area contributed by atoms with Crippen LogP contribution in [-0.2, 0) is 14.1 Å². The molecule has 110 valence electrons. The molecule has 21 heavy (non-hydrogen) atoms. The highest BCUT2D eigenvalue weighted by molar-refractivity contribution is 7.99. The highest BCUT2D eigenvalue weighted by Gasteiger charge is 2.12. The van der Waals surface area contributed by atoms with Crippen molar-refractivity contribution in [2.45, 2.75) is 0 Å². The third-order valence-electron chi connectivity index (χ3n) is 3.48. The standard InChI is InChI=1S/C14H19N6S/c1-18-11-15-19(2)14(18)17-16-12-3-5-13(6-4-12)20-7-9-21-10-8-20/h3-6,11H,7-10H2,1-2H3/q+1. The van der Waals surface area contributed by atoms with Crippen LogP contribution < -0.4 is 9.47 Å². The first-order chi connectivity index (χ1) is 10.2. The molecule has 3 rings (SSSR count). The Morgan fingerprint density at radius 3 is 2.48 bits per heavy atom. The van der Waals surface area contributed by atoms with E-state index in [0.717, 1.165) is 18.8 Å². The molecule has 2 heterocycles. The molecule has 1 aliphatic rings. The van der Waals surface area contributed by atoms with Gasteiger partial charge in [-0.1, -0.05) is 5.11 Å². The molecule has 1 aliphatic heterocycles. The Morgan fingerprint density at radius 1 is 1.14 bits per heavy atom. The van der Waals surface area contributed by atoms with Gasteiger partial charge in [-0.05, 0) is 29.4 Å². The maximum absolute atomic E-state index is 4.28. The lowest BCUT2D eigenvalue weighted by atomic mass is 10.2. The van der Waals surface area contributed by atoms with Gasteiger partial charge in [-0.15, -0.1) is 4.68 Å². The Bertz CT molecular complexity index is 608. The predicted octanol–water partition coefficient (Wildman–Crippen LogP) is 2.21. The number of benzene rings is 1. The second-order valence-electron chi connectivity index (χ2n) is 4.98. The van der Waals surface area contributed by atoms with Crippen LogP contribution in [-0.4, -0.2) is 34.4 Å². The highest BCUT2D eigenvalue weighted by Crippen LogP contribution is 2.23. The van der Waals surface area contributed by atoms with Crippen LogP contribution in [0.5, 0.6) is 0 Å². The van der Waals surface area contributed by atoms with Crippen molar-refractivity contribution >= 4 is 29.1 Å². The van der Waals surface area contributed by atoms with E-state index in [1.807, 2.05) is 42.6 Å². The zero-order chi connectivity index (χ0) is 14.7. The van der Waals surface area contributed by atoms with Crippen LogP contribution >= 0.6 is 11.8 Å². The minimum Gasteiger partial charge on any atom is -0.370 e. The molecular formula is C14H19N6S+. The molecule has 1 saturated heterocycles. The van der Waals surface area contributed by atoms with Gasteiger partial charge in [-0.2, -0.15) is 11.8 Å². The van der Waals surface area contributed by atoms with Crippen molar-refractivity contribution in [1.29, 1.82) is 0 Å². The van der Waals surface area contributed by atoms with Crippen LogP contribution in [0.1, 0.15) is 0 Å². The number of hydrogen-bond acceptors (Lipinski definition) is 5. The number of azo groups is 1. The first-order valence-electron chi connectivity index (χ1n) is 6.96. The molecule has 0 saturated carbocycles. The van der Waals surface area contributed by atoms with Crippen molar-refractivity contribution in [2.24, 2.45) is 24.3 Å². The average molecular weight is 303 g/mol. The quantitative estimate of drug-likeness (QED) is 0.645. The Balaban J connectivity index is 1.72. The first kappa shape index (κ1) is 14.1. The Kier molecular flexibility index (Phi) is 4.19. The van der Waals surface area contributed by atoms with E-state index in [9.17, 15) is 0 Å². The predicted molar refractivity (Wildman–Crippen MR) is 84.5 cm³/mol. The summed E-state index contributed by atoms with van der Waals surface area (Å²) in [6, 6.07) is 8.26. The molecule has 0 spiro atoms. The van der Waals surface area contributed by atoms with Crippen LogP contribution in [0.2, 0.25) is 0 Å². The Hall–Kier alpha value is -1.89. The maximum atomic E-state index is 4.28. The molecule has 6 nitrogen and oxygen atoms in total. The molecule has 0 unspecified atom stereocenters. The molecule has 0 N–H and O–H groups in total. The molecular weight excluding hydrogens is 284 g/mol. The summed E-state index contributed by atoms with van der Waals surface area (Å²) in [5, 5.41) is 12.6. The van der Waals surface area contributed by atoms with Gasteiger partial charge in [0.2, 0.25) is 6.33 Å². The fourth-order valence-corrected chi connectivity index (χ4v) is 3.18. The summed E-state index contributed by atoms with van der Waals surface area (Å²) < 4.78 is 3.53. The summed E-state index contributed by atoms with van der Waals surface area (Å²) in [4.78, 5) is 2.42. The van der Waals surface area contributed by atoms with Crippen LogP contribution in [0.25, 0.3) is 0 Å². The zero-order valence-electron chi connectivity index (χ0n) is 12.3. The number of nitrogens with zero attached hydrogens (tertiary/aromatic N) is 6. The normalized spacial score (nSPS) is 15.8. The van der Waals surface area contributed by atoms with E-state index in [1.54, 1.807) is 11.0 Å². The van der Waals surface area contributed by atoms with Crippen molar-refractivity contribution in [3.8, 4) is 0 Å². The molecule has 1 aromatic carbocycles. The first-order valence-corrected chi connectivity index (χ1v) is 8.11. The van der Waals surface area contributed by atoms with Crippen molar-refractivity contribution in [1.82, 2.24) is 9.78 Å². The molecule has 0 atom stereocenters. The van der Waals surface area contributed by atoms with E-state index >= 15 is 0 Å². The van der Waals surface area contributed by atoms with E-state index in [4.69, 9.17) is 0 Å². The summed E-state index contributed by atoms with van der Waals surface area (Å²) in [6.45, 7) is 2.24. The number of aromatic nitrogens is 3. The highest BCUT2D eigenvalue weighted by atomic mass is 32.2. The van der Waals surface area contributed by atoms with E-state index in [-0.39, 0.29) is 0 Å². The molecule has 1 aromatic heterocycles. The minimum absolute atomic E-state index is 0.715. The summed E-state index contributed by atoms with van der Waals surface area (Å²) in [7, 11) is 3.75. The molecule has 0 amide bonds. The second kappa shape index (κ2) is 6.26. The van der Waals surface area contributed by atoms with Gasteiger partial charge in [0.1, 0.15) is 0 Å². The van der Waals surface area contributed by atoms with Gasteiger partial charge in [-0.3, -0.25) is 0 Å². The number of aryl methyl sites for hydroxylation is 2. The monoisotopic (exact) mass is 303 g/mol. The van der Waals surface area contributed by atoms with Gasteiger partial charge in [0, 0.05) is 35.4 Å². The Morgan fingerprint density at radius 2 is 1.86 bits per heavy atom. The molecule has 2 aromatic rings. The lowest BCUT2D eigenvalue weighted by molar-refractivity contribution is -0.659. The molecule has 0 bridgehead atoms. The van der Waals surface area contributed by atoms with Gasteiger partial charge in [0.25, 0.3) is 0 Å². The van der Waals surface area contributed by atoms with Crippen molar-refractivity contribution < 1.29 is 4.57 Å². The van der Waals surface area contributed by atoms with Crippen LogP contribution in [0.15, 0.2) is 40.8 Å². The summed E-state index contributed by atoms with van der Waals surface area (Å²) in [6.07, 6.45) is 1.71. The summed E-state index contributed by atoms with van der Waals surface area (Å²) >= 11 is 2.02.